The second kappa shape index (κ2) is 8.87. The van der Waals surface area contributed by atoms with E-state index in [1.165, 1.54) is 19.3 Å². The van der Waals surface area contributed by atoms with Crippen molar-refractivity contribution in [3.8, 4) is 0 Å². The maximum absolute atomic E-state index is 12.3. The summed E-state index contributed by atoms with van der Waals surface area (Å²) in [5, 5.41) is 3.13. The molecule has 7 heteroatoms. The third-order valence-corrected chi connectivity index (χ3v) is 6.35. The maximum atomic E-state index is 12.3. The van der Waals surface area contributed by atoms with E-state index in [4.69, 9.17) is 0 Å². The van der Waals surface area contributed by atoms with Crippen LogP contribution in [0.15, 0.2) is 0 Å². The van der Waals surface area contributed by atoms with Crippen LogP contribution in [0.1, 0.15) is 64.7 Å². The van der Waals surface area contributed by atoms with Crippen LogP contribution in [0, 0.1) is 0 Å². The largest absolute Gasteiger partial charge is 0.335 e. The Balaban J connectivity index is 1.71. The molecule has 0 aromatic rings. The fraction of sp³-hybridized carbons (Fsp3) is 0.938. The highest BCUT2D eigenvalue weighted by atomic mass is 32.2. The van der Waals surface area contributed by atoms with Crippen molar-refractivity contribution in [1.82, 2.24) is 14.9 Å². The first-order valence-corrected chi connectivity index (χ1v) is 10.7. The Hall–Kier alpha value is -0.820. The molecule has 0 radical (unpaired) electrons. The molecule has 23 heavy (non-hydrogen) atoms. The molecule has 0 unspecified atom stereocenters. The predicted octanol–water partition coefficient (Wildman–Crippen LogP) is 2.21. The number of nitrogens with zero attached hydrogens (tertiary/aromatic N) is 1. The summed E-state index contributed by atoms with van der Waals surface area (Å²) >= 11 is 0. The second-order valence-corrected chi connectivity index (χ2v) is 8.71. The molecular formula is C16H31N3O3S. The summed E-state index contributed by atoms with van der Waals surface area (Å²) in [5.74, 6) is 0.200. The van der Waals surface area contributed by atoms with Crippen molar-refractivity contribution in [3.63, 3.8) is 0 Å². The number of carbonyl (C=O) groups excluding carboxylic acids is 1. The number of piperidine rings is 1. The summed E-state index contributed by atoms with van der Waals surface area (Å²) in [6.45, 7) is 3.23. The third-order valence-electron chi connectivity index (χ3n) is 4.83. The summed E-state index contributed by atoms with van der Waals surface area (Å²) in [5.41, 5.74) is 0. The minimum Gasteiger partial charge on any atom is -0.335 e. The lowest BCUT2D eigenvalue weighted by Gasteiger charge is -2.34. The minimum absolute atomic E-state index is 0.0178. The number of rotatable bonds is 6. The summed E-state index contributed by atoms with van der Waals surface area (Å²) in [4.78, 5) is 14.1. The van der Waals surface area contributed by atoms with Crippen molar-refractivity contribution in [3.05, 3.63) is 0 Å². The molecule has 2 aliphatic rings. The van der Waals surface area contributed by atoms with Gasteiger partial charge in [0.05, 0.1) is 5.75 Å². The molecule has 2 amide bonds. The van der Waals surface area contributed by atoms with Gasteiger partial charge in [0.1, 0.15) is 0 Å². The van der Waals surface area contributed by atoms with E-state index in [0.29, 0.717) is 38.4 Å². The number of nitrogens with one attached hydrogen (secondary N) is 2. The Kier molecular flexibility index (Phi) is 7.14. The molecule has 0 spiro atoms. The molecule has 2 rings (SSSR count). The van der Waals surface area contributed by atoms with Gasteiger partial charge in [-0.1, -0.05) is 32.6 Å². The van der Waals surface area contributed by atoms with Crippen molar-refractivity contribution >= 4 is 16.1 Å². The average molecular weight is 346 g/mol. The number of sulfonamides is 1. The molecule has 0 atom stereocenters. The smallest absolute Gasteiger partial charge is 0.317 e. The molecule has 0 bridgehead atoms. The van der Waals surface area contributed by atoms with E-state index >= 15 is 0 Å². The van der Waals surface area contributed by atoms with Gasteiger partial charge in [0.25, 0.3) is 0 Å². The maximum Gasteiger partial charge on any atom is 0.317 e. The number of likely N-dealkylation sites (tertiary alicyclic amines) is 1. The lowest BCUT2D eigenvalue weighted by molar-refractivity contribution is 0.173. The molecule has 2 fully saturated rings. The zero-order valence-electron chi connectivity index (χ0n) is 14.2. The molecule has 1 aliphatic carbocycles. The fourth-order valence-electron chi connectivity index (χ4n) is 3.36. The van der Waals surface area contributed by atoms with E-state index in [1.54, 1.807) is 0 Å². The van der Waals surface area contributed by atoms with Gasteiger partial charge >= 0.3 is 6.03 Å². The number of hydrogen-bond acceptors (Lipinski definition) is 3. The van der Waals surface area contributed by atoms with Gasteiger partial charge in [0.2, 0.25) is 10.0 Å². The van der Waals surface area contributed by atoms with Gasteiger partial charge < -0.3 is 10.2 Å². The third kappa shape index (κ3) is 6.30. The van der Waals surface area contributed by atoms with Gasteiger partial charge in [0.15, 0.2) is 0 Å². The van der Waals surface area contributed by atoms with E-state index in [2.05, 4.69) is 10.0 Å². The SMILES string of the molecule is CCCCS(=O)(=O)NC1CCN(C(=O)NC2CCCCC2)CC1. The molecule has 1 saturated heterocycles. The van der Waals surface area contributed by atoms with Crippen molar-refractivity contribution in [2.75, 3.05) is 18.8 Å². The number of unbranched alkanes of at least 4 members (excludes halogenated alkanes) is 1. The standard InChI is InChI=1S/C16H31N3O3S/c1-2-3-13-23(21,22)18-15-9-11-19(12-10-15)16(20)17-14-7-5-4-6-8-14/h14-15,18H,2-13H2,1H3,(H,17,20). The zero-order valence-corrected chi connectivity index (χ0v) is 15.0. The molecule has 2 N–H and O–H groups in total. The second-order valence-electron chi connectivity index (χ2n) is 6.84. The molecular weight excluding hydrogens is 314 g/mol. The molecule has 1 aliphatic heterocycles. The first-order chi connectivity index (χ1) is 11.0. The van der Waals surface area contributed by atoms with Gasteiger partial charge in [-0.3, -0.25) is 0 Å². The predicted molar refractivity (Wildman–Crippen MR) is 91.8 cm³/mol. The highest BCUT2D eigenvalue weighted by Gasteiger charge is 2.27. The monoisotopic (exact) mass is 345 g/mol. The normalized spacial score (nSPS) is 21.3. The lowest BCUT2D eigenvalue weighted by atomic mass is 9.95. The molecule has 1 saturated carbocycles. The minimum atomic E-state index is -3.17. The van der Waals surface area contributed by atoms with E-state index < -0.39 is 10.0 Å². The zero-order chi connectivity index (χ0) is 16.7. The van der Waals surface area contributed by atoms with Crippen LogP contribution in [0.25, 0.3) is 0 Å². The number of carbonyl (C=O) groups is 1. The molecule has 134 valence electrons. The topological polar surface area (TPSA) is 78.5 Å². The van der Waals surface area contributed by atoms with Crippen molar-refractivity contribution in [2.45, 2.75) is 76.8 Å². The Morgan fingerprint density at radius 3 is 2.30 bits per heavy atom. The van der Waals surface area contributed by atoms with Gasteiger partial charge in [-0.15, -0.1) is 0 Å². The fourth-order valence-corrected chi connectivity index (χ4v) is 4.89. The Morgan fingerprint density at radius 2 is 1.70 bits per heavy atom. The lowest BCUT2D eigenvalue weighted by Crippen LogP contribution is -2.51. The molecule has 0 aromatic carbocycles. The van der Waals surface area contributed by atoms with Crippen molar-refractivity contribution in [1.29, 1.82) is 0 Å². The van der Waals surface area contributed by atoms with Crippen molar-refractivity contribution in [2.24, 2.45) is 0 Å². The number of urea groups is 1. The van der Waals surface area contributed by atoms with Gasteiger partial charge in [-0.2, -0.15) is 0 Å². The van der Waals surface area contributed by atoms with Crippen LogP contribution in [-0.2, 0) is 10.0 Å². The summed E-state index contributed by atoms with van der Waals surface area (Å²) in [7, 11) is -3.17. The first-order valence-electron chi connectivity index (χ1n) is 9.05. The van der Waals surface area contributed by atoms with Crippen LogP contribution in [-0.4, -0.2) is 50.3 Å². The van der Waals surface area contributed by atoms with Crippen LogP contribution in [0.5, 0.6) is 0 Å². The van der Waals surface area contributed by atoms with Gasteiger partial charge in [0, 0.05) is 25.2 Å². The highest BCUT2D eigenvalue weighted by molar-refractivity contribution is 7.89. The number of amides is 2. The quantitative estimate of drug-likeness (QED) is 0.775. The Bertz CT molecular complexity index is 467. The average Bonchev–Trinajstić information content (AvgIpc) is 2.54. The summed E-state index contributed by atoms with van der Waals surface area (Å²) in [6, 6.07) is 0.307. The molecule has 1 heterocycles. The van der Waals surface area contributed by atoms with E-state index in [-0.39, 0.29) is 17.8 Å². The van der Waals surface area contributed by atoms with Crippen LogP contribution in [0.3, 0.4) is 0 Å². The summed E-state index contributed by atoms with van der Waals surface area (Å²) < 4.78 is 26.6. The van der Waals surface area contributed by atoms with E-state index in [0.717, 1.165) is 19.3 Å². The van der Waals surface area contributed by atoms with Crippen LogP contribution < -0.4 is 10.0 Å². The van der Waals surface area contributed by atoms with Crippen molar-refractivity contribution < 1.29 is 13.2 Å². The van der Waals surface area contributed by atoms with Crippen LogP contribution >= 0.6 is 0 Å². The Labute approximate surface area is 140 Å². The van der Waals surface area contributed by atoms with Gasteiger partial charge in [-0.25, -0.2) is 17.9 Å². The van der Waals surface area contributed by atoms with Gasteiger partial charge in [-0.05, 0) is 32.1 Å². The molecule has 6 nitrogen and oxygen atoms in total. The van der Waals surface area contributed by atoms with Crippen LogP contribution in [0.4, 0.5) is 4.79 Å². The highest BCUT2D eigenvalue weighted by Crippen LogP contribution is 2.18. The van der Waals surface area contributed by atoms with Crippen LogP contribution in [0.2, 0.25) is 0 Å². The first kappa shape index (κ1) is 18.5. The molecule has 0 aromatic heterocycles. The Morgan fingerprint density at radius 1 is 1.04 bits per heavy atom. The van der Waals surface area contributed by atoms with E-state index in [1.807, 2.05) is 11.8 Å². The summed E-state index contributed by atoms with van der Waals surface area (Å²) in [6.07, 6.45) is 8.81. The van der Waals surface area contributed by atoms with E-state index in [9.17, 15) is 13.2 Å². The number of hydrogen-bond donors (Lipinski definition) is 2.